The van der Waals surface area contributed by atoms with Gasteiger partial charge in [-0.3, -0.25) is 0 Å². The van der Waals surface area contributed by atoms with Crippen molar-refractivity contribution in [2.24, 2.45) is 17.1 Å². The molecule has 1 aliphatic carbocycles. The smallest absolute Gasteiger partial charge is 0.0232 e. The molecule has 0 aromatic rings. The molecular weight excluding hydrogens is 170 g/mol. The maximum Gasteiger partial charge on any atom is 0.0232 e. The van der Waals surface area contributed by atoms with Crippen LogP contribution in [0.25, 0.3) is 0 Å². The van der Waals surface area contributed by atoms with Crippen LogP contribution in [0.4, 0.5) is 0 Å². The fourth-order valence-corrected chi connectivity index (χ4v) is 3.16. The lowest BCUT2D eigenvalue weighted by Crippen LogP contribution is -2.58. The summed E-state index contributed by atoms with van der Waals surface area (Å²) in [5.74, 6) is 0.669. The van der Waals surface area contributed by atoms with Crippen molar-refractivity contribution < 1.29 is 0 Å². The van der Waals surface area contributed by atoms with Crippen molar-refractivity contribution in [1.29, 1.82) is 0 Å². The minimum absolute atomic E-state index is 0.0846. The molecule has 84 valence electrons. The van der Waals surface area contributed by atoms with E-state index in [4.69, 9.17) is 5.73 Å². The van der Waals surface area contributed by atoms with E-state index in [1.807, 2.05) is 0 Å². The van der Waals surface area contributed by atoms with Crippen molar-refractivity contribution in [3.05, 3.63) is 0 Å². The summed E-state index contributed by atoms with van der Waals surface area (Å²) in [4.78, 5) is 0. The van der Waals surface area contributed by atoms with Gasteiger partial charge in [0.05, 0.1) is 0 Å². The Balaban J connectivity index is 2.77. The topological polar surface area (TPSA) is 26.0 Å². The molecule has 1 fully saturated rings. The Bertz CT molecular complexity index is 186. The molecule has 0 amide bonds. The van der Waals surface area contributed by atoms with Crippen molar-refractivity contribution in [2.75, 3.05) is 0 Å². The first-order valence-corrected chi connectivity index (χ1v) is 6.23. The van der Waals surface area contributed by atoms with E-state index in [1.165, 1.54) is 38.5 Å². The second-order valence-electron chi connectivity index (χ2n) is 5.82. The molecule has 0 radical (unpaired) electrons. The standard InChI is InChI=1S/C13H27N/c1-5-8-11(2)13(14)10-7-6-9-12(13,3)4/h11H,5-10,14H2,1-4H3. The zero-order valence-corrected chi connectivity index (χ0v) is 10.4. The van der Waals surface area contributed by atoms with Gasteiger partial charge in [0.15, 0.2) is 0 Å². The third-order valence-corrected chi connectivity index (χ3v) is 4.50. The van der Waals surface area contributed by atoms with Crippen LogP contribution in [-0.2, 0) is 0 Å². The largest absolute Gasteiger partial charge is 0.324 e. The van der Waals surface area contributed by atoms with Crippen molar-refractivity contribution in [2.45, 2.75) is 71.8 Å². The van der Waals surface area contributed by atoms with Crippen LogP contribution in [0.15, 0.2) is 0 Å². The van der Waals surface area contributed by atoms with Gasteiger partial charge < -0.3 is 5.73 Å². The SMILES string of the molecule is CCCC(C)C1(N)CCCCC1(C)C. The van der Waals surface area contributed by atoms with Gasteiger partial charge in [0.2, 0.25) is 0 Å². The van der Waals surface area contributed by atoms with Crippen molar-refractivity contribution in [1.82, 2.24) is 0 Å². The van der Waals surface area contributed by atoms with E-state index in [2.05, 4.69) is 27.7 Å². The third-order valence-electron chi connectivity index (χ3n) is 4.50. The molecule has 14 heavy (non-hydrogen) atoms. The molecule has 1 heteroatoms. The lowest BCUT2D eigenvalue weighted by atomic mass is 9.58. The molecule has 0 aromatic heterocycles. The van der Waals surface area contributed by atoms with Crippen molar-refractivity contribution >= 4 is 0 Å². The van der Waals surface area contributed by atoms with Gasteiger partial charge in [-0.15, -0.1) is 0 Å². The summed E-state index contributed by atoms with van der Waals surface area (Å²) in [5.41, 5.74) is 7.08. The zero-order valence-electron chi connectivity index (χ0n) is 10.4. The van der Waals surface area contributed by atoms with Crippen LogP contribution in [-0.4, -0.2) is 5.54 Å². The Morgan fingerprint density at radius 2 is 1.79 bits per heavy atom. The first-order valence-electron chi connectivity index (χ1n) is 6.23. The molecule has 1 nitrogen and oxygen atoms in total. The van der Waals surface area contributed by atoms with E-state index in [1.54, 1.807) is 0 Å². The zero-order chi connectivity index (χ0) is 10.8. The molecule has 2 unspecified atom stereocenters. The molecule has 1 rings (SSSR count). The summed E-state index contributed by atoms with van der Waals surface area (Å²) in [6.45, 7) is 9.32. The van der Waals surface area contributed by atoms with Gasteiger partial charge in [-0.05, 0) is 30.6 Å². The van der Waals surface area contributed by atoms with E-state index in [0.29, 0.717) is 11.3 Å². The van der Waals surface area contributed by atoms with Crippen LogP contribution in [0.3, 0.4) is 0 Å². The maximum atomic E-state index is 6.67. The first-order chi connectivity index (χ1) is 6.44. The highest BCUT2D eigenvalue weighted by Gasteiger charge is 2.46. The predicted octanol–water partition coefficient (Wildman–Crippen LogP) is 3.72. The van der Waals surface area contributed by atoms with E-state index in [9.17, 15) is 0 Å². The normalized spacial score (nSPS) is 34.1. The van der Waals surface area contributed by atoms with Gasteiger partial charge >= 0.3 is 0 Å². The molecule has 1 aliphatic rings. The Kier molecular flexibility index (Phi) is 3.63. The highest BCUT2D eigenvalue weighted by molar-refractivity contribution is 5.03. The molecule has 0 bridgehead atoms. The molecule has 0 heterocycles. The number of hydrogen-bond donors (Lipinski definition) is 1. The molecule has 2 N–H and O–H groups in total. The molecule has 0 aliphatic heterocycles. The van der Waals surface area contributed by atoms with Gasteiger partial charge in [0.1, 0.15) is 0 Å². The summed E-state index contributed by atoms with van der Waals surface area (Å²) < 4.78 is 0. The number of nitrogens with two attached hydrogens (primary N) is 1. The minimum atomic E-state index is 0.0846. The Hall–Kier alpha value is -0.0400. The summed E-state index contributed by atoms with van der Waals surface area (Å²) in [7, 11) is 0. The van der Waals surface area contributed by atoms with E-state index < -0.39 is 0 Å². The van der Waals surface area contributed by atoms with E-state index in [0.717, 1.165) is 0 Å². The fraction of sp³-hybridized carbons (Fsp3) is 1.00. The van der Waals surface area contributed by atoms with Crippen molar-refractivity contribution in [3.63, 3.8) is 0 Å². The first kappa shape index (κ1) is 12.0. The van der Waals surface area contributed by atoms with Crippen LogP contribution in [0.1, 0.15) is 66.2 Å². The number of rotatable bonds is 3. The molecular formula is C13H27N. The molecule has 0 spiro atoms. The maximum absolute atomic E-state index is 6.67. The predicted molar refractivity (Wildman–Crippen MR) is 63.2 cm³/mol. The van der Waals surface area contributed by atoms with Gasteiger partial charge in [0, 0.05) is 5.54 Å². The Labute approximate surface area is 89.5 Å². The van der Waals surface area contributed by atoms with Crippen LogP contribution in [0.2, 0.25) is 0 Å². The minimum Gasteiger partial charge on any atom is -0.324 e. The van der Waals surface area contributed by atoms with Crippen molar-refractivity contribution in [3.8, 4) is 0 Å². The van der Waals surface area contributed by atoms with Gasteiger partial charge in [-0.2, -0.15) is 0 Å². The molecule has 0 aromatic carbocycles. The van der Waals surface area contributed by atoms with Crippen LogP contribution < -0.4 is 5.73 Å². The monoisotopic (exact) mass is 197 g/mol. The second kappa shape index (κ2) is 4.22. The average Bonchev–Trinajstić information content (AvgIpc) is 2.10. The van der Waals surface area contributed by atoms with Gasteiger partial charge in [-0.25, -0.2) is 0 Å². The highest BCUT2D eigenvalue weighted by Crippen LogP contribution is 2.47. The number of hydrogen-bond acceptors (Lipinski definition) is 1. The fourth-order valence-electron chi connectivity index (χ4n) is 3.16. The highest BCUT2D eigenvalue weighted by atomic mass is 14.8. The summed E-state index contributed by atoms with van der Waals surface area (Å²) in [5, 5.41) is 0. The second-order valence-corrected chi connectivity index (χ2v) is 5.82. The van der Waals surface area contributed by atoms with Crippen LogP contribution in [0, 0.1) is 11.3 Å². The van der Waals surface area contributed by atoms with Crippen LogP contribution >= 0.6 is 0 Å². The lowest BCUT2D eigenvalue weighted by Gasteiger charge is -2.51. The lowest BCUT2D eigenvalue weighted by molar-refractivity contribution is 0.0470. The van der Waals surface area contributed by atoms with E-state index in [-0.39, 0.29) is 5.54 Å². The molecule has 1 saturated carbocycles. The summed E-state index contributed by atoms with van der Waals surface area (Å²) in [6.07, 6.45) is 7.76. The van der Waals surface area contributed by atoms with Gasteiger partial charge in [-0.1, -0.05) is 47.0 Å². The van der Waals surface area contributed by atoms with Gasteiger partial charge in [0.25, 0.3) is 0 Å². The quantitative estimate of drug-likeness (QED) is 0.733. The molecule has 0 saturated heterocycles. The Morgan fingerprint density at radius 1 is 1.21 bits per heavy atom. The summed E-state index contributed by atoms with van der Waals surface area (Å²) >= 11 is 0. The summed E-state index contributed by atoms with van der Waals surface area (Å²) in [6, 6.07) is 0. The third kappa shape index (κ3) is 1.98. The average molecular weight is 197 g/mol. The molecule has 2 atom stereocenters. The Morgan fingerprint density at radius 3 is 2.29 bits per heavy atom. The van der Waals surface area contributed by atoms with Crippen LogP contribution in [0.5, 0.6) is 0 Å². The van der Waals surface area contributed by atoms with E-state index >= 15 is 0 Å².